The number of ether oxygens (including phenoxy) is 1. The summed E-state index contributed by atoms with van der Waals surface area (Å²) in [5, 5.41) is 0. The molecule has 0 unspecified atom stereocenters. The number of para-hydroxylation sites is 1. The molecule has 0 radical (unpaired) electrons. The number of rotatable bonds is 0. The van der Waals surface area contributed by atoms with Crippen LogP contribution in [0, 0.1) is 0 Å². The fourth-order valence-corrected chi connectivity index (χ4v) is 1.86. The van der Waals surface area contributed by atoms with E-state index in [1.54, 1.807) is 6.26 Å². The van der Waals surface area contributed by atoms with Crippen LogP contribution in [0.1, 0.15) is 5.56 Å². The minimum Gasteiger partial charge on any atom is -0.464 e. The second kappa shape index (κ2) is 3.02. The highest BCUT2D eigenvalue weighted by molar-refractivity contribution is 5.86. The Bertz CT molecular complexity index is 497. The Labute approximate surface area is 88.8 Å². The summed E-state index contributed by atoms with van der Waals surface area (Å²) in [5.74, 6) is 0.927. The van der Waals surface area contributed by atoms with Crippen molar-refractivity contribution >= 4 is 5.57 Å². The van der Waals surface area contributed by atoms with E-state index in [0.29, 0.717) is 0 Å². The van der Waals surface area contributed by atoms with Crippen LogP contribution in [0.25, 0.3) is 5.57 Å². The summed E-state index contributed by atoms with van der Waals surface area (Å²) in [7, 11) is 2.03. The molecule has 2 aliphatic heterocycles. The molecule has 0 N–H and O–H groups in total. The van der Waals surface area contributed by atoms with Gasteiger partial charge in [-0.25, -0.2) is 0 Å². The van der Waals surface area contributed by atoms with E-state index in [9.17, 15) is 0 Å². The summed E-state index contributed by atoms with van der Waals surface area (Å²) in [5.41, 5.74) is 3.51. The molecule has 2 heteroatoms. The van der Waals surface area contributed by atoms with Gasteiger partial charge in [-0.05, 0) is 12.1 Å². The highest BCUT2D eigenvalue weighted by atomic mass is 16.5. The lowest BCUT2D eigenvalue weighted by molar-refractivity contribution is 0.470. The lowest BCUT2D eigenvalue weighted by Gasteiger charge is -2.24. The first-order valence-corrected chi connectivity index (χ1v) is 4.93. The number of allylic oxidation sites excluding steroid dienone is 3. The first kappa shape index (κ1) is 8.36. The maximum Gasteiger partial charge on any atom is 0.134 e. The molecule has 3 rings (SSSR count). The molecule has 1 aromatic carbocycles. The van der Waals surface area contributed by atoms with Gasteiger partial charge in [-0.3, -0.25) is 0 Å². The van der Waals surface area contributed by atoms with Crippen molar-refractivity contribution in [1.29, 1.82) is 0 Å². The molecule has 0 fully saturated rings. The number of hydrogen-bond acceptors (Lipinski definition) is 2. The molecule has 0 atom stereocenters. The van der Waals surface area contributed by atoms with Crippen LogP contribution in [0.3, 0.4) is 0 Å². The van der Waals surface area contributed by atoms with E-state index in [1.807, 2.05) is 31.4 Å². The zero-order valence-electron chi connectivity index (χ0n) is 8.47. The van der Waals surface area contributed by atoms with Crippen LogP contribution >= 0.6 is 0 Å². The molecular weight excluding hydrogens is 186 g/mol. The average molecular weight is 197 g/mol. The standard InChI is InChI=1S/C13H11NO/c1-14-7-6-10-9-15-13-5-3-2-4-11(13)12(10)8-14/h2-9H,1H3. The third-order valence-corrected chi connectivity index (χ3v) is 2.62. The van der Waals surface area contributed by atoms with Crippen LogP contribution < -0.4 is 4.74 Å². The van der Waals surface area contributed by atoms with Gasteiger partial charge in [-0.1, -0.05) is 18.2 Å². The molecule has 15 heavy (non-hydrogen) atoms. The smallest absolute Gasteiger partial charge is 0.134 e. The molecule has 0 spiro atoms. The average Bonchev–Trinajstić information content (AvgIpc) is 2.29. The van der Waals surface area contributed by atoms with Gasteiger partial charge < -0.3 is 9.64 Å². The number of fused-ring (bicyclic) bond motifs is 3. The fourth-order valence-electron chi connectivity index (χ4n) is 1.86. The Hall–Kier alpha value is -1.96. The van der Waals surface area contributed by atoms with Crippen LogP contribution in [0.15, 0.2) is 54.6 Å². The molecule has 2 heterocycles. The van der Waals surface area contributed by atoms with Crippen molar-refractivity contribution in [2.45, 2.75) is 0 Å². The van der Waals surface area contributed by atoms with E-state index >= 15 is 0 Å². The Kier molecular flexibility index (Phi) is 1.68. The van der Waals surface area contributed by atoms with Gasteiger partial charge in [0.25, 0.3) is 0 Å². The van der Waals surface area contributed by atoms with Crippen molar-refractivity contribution in [1.82, 2.24) is 4.90 Å². The van der Waals surface area contributed by atoms with Crippen molar-refractivity contribution < 1.29 is 4.74 Å². The summed E-state index contributed by atoms with van der Waals surface area (Å²) in [6.45, 7) is 0. The van der Waals surface area contributed by atoms with E-state index in [-0.39, 0.29) is 0 Å². The molecule has 0 amide bonds. The van der Waals surface area contributed by atoms with Crippen LogP contribution in [-0.2, 0) is 0 Å². The van der Waals surface area contributed by atoms with Crippen molar-refractivity contribution in [3.63, 3.8) is 0 Å². The molecule has 2 nitrogen and oxygen atoms in total. The molecule has 1 aromatic rings. The third kappa shape index (κ3) is 1.26. The van der Waals surface area contributed by atoms with E-state index < -0.39 is 0 Å². The largest absolute Gasteiger partial charge is 0.464 e. The van der Waals surface area contributed by atoms with Crippen LogP contribution in [0.2, 0.25) is 0 Å². The minimum atomic E-state index is 0.927. The molecule has 2 aliphatic rings. The second-order valence-electron chi connectivity index (χ2n) is 3.71. The molecule has 0 bridgehead atoms. The first-order valence-electron chi connectivity index (χ1n) is 4.93. The Balaban J connectivity index is 2.18. The number of nitrogens with zero attached hydrogens (tertiary/aromatic N) is 1. The molecule has 0 aliphatic carbocycles. The normalized spacial score (nSPS) is 17.3. The molecular formula is C13H11NO. The van der Waals surface area contributed by atoms with Gasteiger partial charge in [-0.15, -0.1) is 0 Å². The van der Waals surface area contributed by atoms with Crippen molar-refractivity contribution in [3.05, 3.63) is 60.1 Å². The summed E-state index contributed by atoms with van der Waals surface area (Å²) < 4.78 is 5.56. The van der Waals surface area contributed by atoms with Gasteiger partial charge >= 0.3 is 0 Å². The number of benzene rings is 1. The molecule has 0 aromatic heterocycles. The Morgan fingerprint density at radius 2 is 2.07 bits per heavy atom. The third-order valence-electron chi connectivity index (χ3n) is 2.62. The monoisotopic (exact) mass is 197 g/mol. The van der Waals surface area contributed by atoms with Gasteiger partial charge in [0, 0.05) is 36.2 Å². The molecule has 0 saturated carbocycles. The van der Waals surface area contributed by atoms with Gasteiger partial charge in [0.2, 0.25) is 0 Å². The van der Waals surface area contributed by atoms with E-state index in [0.717, 1.165) is 16.9 Å². The summed E-state index contributed by atoms with van der Waals surface area (Å²) >= 11 is 0. The predicted molar refractivity (Wildman–Crippen MR) is 60.0 cm³/mol. The second-order valence-corrected chi connectivity index (χ2v) is 3.71. The minimum absolute atomic E-state index is 0.927. The topological polar surface area (TPSA) is 12.5 Å². The quantitative estimate of drug-likeness (QED) is 0.634. The summed E-state index contributed by atoms with van der Waals surface area (Å²) in [6.07, 6.45) is 8.00. The van der Waals surface area contributed by atoms with Crippen LogP contribution in [0.4, 0.5) is 0 Å². The number of hydrogen-bond donors (Lipinski definition) is 0. The van der Waals surface area contributed by atoms with Crippen LogP contribution in [-0.4, -0.2) is 11.9 Å². The molecule has 74 valence electrons. The van der Waals surface area contributed by atoms with Gasteiger partial charge in [0.15, 0.2) is 0 Å². The van der Waals surface area contributed by atoms with Crippen molar-refractivity contribution in [3.8, 4) is 5.75 Å². The van der Waals surface area contributed by atoms with Crippen molar-refractivity contribution in [2.24, 2.45) is 0 Å². The van der Waals surface area contributed by atoms with Crippen LogP contribution in [0.5, 0.6) is 5.75 Å². The van der Waals surface area contributed by atoms with Gasteiger partial charge in [0.05, 0.1) is 6.26 Å². The van der Waals surface area contributed by atoms with E-state index in [4.69, 9.17) is 4.74 Å². The summed E-state index contributed by atoms with van der Waals surface area (Å²) in [6, 6.07) is 8.09. The highest BCUT2D eigenvalue weighted by Crippen LogP contribution is 2.37. The highest BCUT2D eigenvalue weighted by Gasteiger charge is 2.18. The SMILES string of the molecule is CN1C=CC2=COc3ccccc3C2=C1. The zero-order valence-corrected chi connectivity index (χ0v) is 8.47. The zero-order chi connectivity index (χ0) is 10.3. The predicted octanol–water partition coefficient (Wildman–Crippen LogP) is 2.76. The maximum atomic E-state index is 5.56. The van der Waals surface area contributed by atoms with E-state index in [2.05, 4.69) is 23.2 Å². The lowest BCUT2D eigenvalue weighted by Crippen LogP contribution is -2.10. The van der Waals surface area contributed by atoms with Crippen molar-refractivity contribution in [2.75, 3.05) is 7.05 Å². The van der Waals surface area contributed by atoms with E-state index in [1.165, 1.54) is 5.57 Å². The maximum absolute atomic E-state index is 5.56. The lowest BCUT2D eigenvalue weighted by atomic mass is 9.95. The molecule has 0 saturated heterocycles. The summed E-state index contributed by atoms with van der Waals surface area (Å²) in [4.78, 5) is 2.05. The van der Waals surface area contributed by atoms with Gasteiger partial charge in [-0.2, -0.15) is 0 Å². The fraction of sp³-hybridized carbons (Fsp3) is 0.0769. The first-order chi connectivity index (χ1) is 7.34. The van der Waals surface area contributed by atoms with Gasteiger partial charge in [0.1, 0.15) is 5.75 Å². The Morgan fingerprint density at radius 1 is 1.20 bits per heavy atom. The Morgan fingerprint density at radius 3 is 3.00 bits per heavy atom.